The molecule has 0 unspecified atom stereocenters. The lowest BCUT2D eigenvalue weighted by molar-refractivity contribution is 0.400. The van der Waals surface area contributed by atoms with Gasteiger partial charge in [0.25, 0.3) is 0 Å². The van der Waals surface area contributed by atoms with Crippen LogP contribution in [0.1, 0.15) is 11.1 Å². The predicted octanol–water partition coefficient (Wildman–Crippen LogP) is 1.55. The van der Waals surface area contributed by atoms with E-state index in [-0.39, 0.29) is 18.0 Å². The van der Waals surface area contributed by atoms with Crippen molar-refractivity contribution in [1.29, 1.82) is 0 Å². The lowest BCUT2D eigenvalue weighted by atomic mass is 10.3. The molecule has 0 fully saturated rings. The van der Waals surface area contributed by atoms with E-state index >= 15 is 0 Å². The second-order valence-corrected chi connectivity index (χ2v) is 7.93. The Labute approximate surface area is 152 Å². The summed E-state index contributed by atoms with van der Waals surface area (Å²) in [6.45, 7) is 0.439. The lowest BCUT2D eigenvalue weighted by Crippen LogP contribution is -2.30. The van der Waals surface area contributed by atoms with E-state index in [0.29, 0.717) is 5.75 Å². The molecule has 0 radical (unpaired) electrons. The van der Waals surface area contributed by atoms with Crippen LogP contribution in [0.4, 0.5) is 0 Å². The molecular formula is C17H21N5O3S. The van der Waals surface area contributed by atoms with Gasteiger partial charge < -0.3 is 4.74 Å². The minimum absolute atomic E-state index is 0.214. The van der Waals surface area contributed by atoms with E-state index in [1.165, 1.54) is 4.31 Å². The maximum Gasteiger partial charge on any atom is 0.243 e. The summed E-state index contributed by atoms with van der Waals surface area (Å²) < 4.78 is 36.2. The van der Waals surface area contributed by atoms with Gasteiger partial charge in [0.05, 0.1) is 24.4 Å². The van der Waals surface area contributed by atoms with E-state index < -0.39 is 10.0 Å². The van der Waals surface area contributed by atoms with Crippen molar-refractivity contribution >= 4 is 10.0 Å². The zero-order valence-corrected chi connectivity index (χ0v) is 15.7. The molecule has 8 nitrogen and oxygen atoms in total. The van der Waals surface area contributed by atoms with E-state index in [4.69, 9.17) is 4.74 Å². The SMILES string of the molecule is COc1ccc(S(=O)(=O)N(Cc2cnn(C)c2)Cc2cnn(C)c2)cc1. The third-order valence-corrected chi connectivity index (χ3v) is 5.74. The number of hydrogen-bond donors (Lipinski definition) is 0. The first-order chi connectivity index (χ1) is 12.4. The van der Waals surface area contributed by atoms with Gasteiger partial charge in [-0.25, -0.2) is 8.42 Å². The van der Waals surface area contributed by atoms with Crippen molar-refractivity contribution in [3.8, 4) is 5.75 Å². The molecule has 0 aliphatic rings. The van der Waals surface area contributed by atoms with Crippen molar-refractivity contribution in [1.82, 2.24) is 23.9 Å². The number of rotatable bonds is 7. The number of sulfonamides is 1. The van der Waals surface area contributed by atoms with Gasteiger partial charge in [-0.2, -0.15) is 14.5 Å². The fourth-order valence-electron chi connectivity index (χ4n) is 2.64. The van der Waals surface area contributed by atoms with Gasteiger partial charge in [0.15, 0.2) is 0 Å². The molecule has 0 atom stereocenters. The fraction of sp³-hybridized carbons (Fsp3) is 0.294. The Morgan fingerprint density at radius 2 is 1.46 bits per heavy atom. The zero-order valence-electron chi connectivity index (χ0n) is 14.9. The number of nitrogens with zero attached hydrogens (tertiary/aromatic N) is 5. The maximum atomic E-state index is 13.2. The Hall–Kier alpha value is -2.65. The summed E-state index contributed by atoms with van der Waals surface area (Å²) >= 11 is 0. The Balaban J connectivity index is 1.93. The predicted molar refractivity (Wildman–Crippen MR) is 95.8 cm³/mol. The second kappa shape index (κ2) is 7.30. The highest BCUT2D eigenvalue weighted by atomic mass is 32.2. The average molecular weight is 375 g/mol. The van der Waals surface area contributed by atoms with Crippen molar-refractivity contribution in [2.45, 2.75) is 18.0 Å². The van der Waals surface area contributed by atoms with Crippen LogP contribution >= 0.6 is 0 Å². The number of aryl methyl sites for hydroxylation is 2. The van der Waals surface area contributed by atoms with Crippen LogP contribution in [-0.4, -0.2) is 39.4 Å². The standard InChI is InChI=1S/C17H21N5O3S/c1-20-10-14(8-18-20)12-22(13-15-9-19-21(2)11-15)26(23,24)17-6-4-16(25-3)5-7-17/h4-11H,12-13H2,1-3H3. The van der Waals surface area contributed by atoms with Crippen molar-refractivity contribution < 1.29 is 13.2 Å². The van der Waals surface area contributed by atoms with Crippen LogP contribution in [0.2, 0.25) is 0 Å². The number of benzene rings is 1. The van der Waals surface area contributed by atoms with Crippen LogP contribution in [0.5, 0.6) is 5.75 Å². The smallest absolute Gasteiger partial charge is 0.243 e. The van der Waals surface area contributed by atoms with Gasteiger partial charge >= 0.3 is 0 Å². The number of methoxy groups -OCH3 is 1. The van der Waals surface area contributed by atoms with Crippen LogP contribution in [0.3, 0.4) is 0 Å². The Kier molecular flexibility index (Phi) is 5.10. The van der Waals surface area contributed by atoms with Gasteiger partial charge in [0.1, 0.15) is 5.75 Å². The third-order valence-electron chi connectivity index (χ3n) is 3.93. The zero-order chi connectivity index (χ0) is 18.7. The Morgan fingerprint density at radius 1 is 0.962 bits per heavy atom. The molecule has 0 spiro atoms. The van der Waals surface area contributed by atoms with Gasteiger partial charge in [-0.3, -0.25) is 9.36 Å². The molecule has 9 heteroatoms. The van der Waals surface area contributed by atoms with Crippen LogP contribution in [0, 0.1) is 0 Å². The largest absolute Gasteiger partial charge is 0.497 e. The summed E-state index contributed by atoms with van der Waals surface area (Å²) in [4.78, 5) is 0.214. The summed E-state index contributed by atoms with van der Waals surface area (Å²) in [5, 5.41) is 8.24. The van der Waals surface area contributed by atoms with E-state index in [0.717, 1.165) is 11.1 Å². The minimum Gasteiger partial charge on any atom is -0.497 e. The van der Waals surface area contributed by atoms with Crippen LogP contribution in [-0.2, 0) is 37.2 Å². The van der Waals surface area contributed by atoms with Gasteiger partial charge in [0.2, 0.25) is 10.0 Å². The quantitative estimate of drug-likeness (QED) is 0.626. The van der Waals surface area contributed by atoms with Crippen molar-refractivity contribution in [2.24, 2.45) is 14.1 Å². The molecule has 3 rings (SSSR count). The Morgan fingerprint density at radius 3 is 1.85 bits per heavy atom. The summed E-state index contributed by atoms with van der Waals surface area (Å²) in [5.41, 5.74) is 1.63. The molecule has 0 aliphatic heterocycles. The molecule has 0 saturated carbocycles. The van der Waals surface area contributed by atoms with Crippen LogP contribution < -0.4 is 4.74 Å². The Bertz CT molecular complexity index is 934. The lowest BCUT2D eigenvalue weighted by Gasteiger charge is -2.21. The summed E-state index contributed by atoms with van der Waals surface area (Å²) in [7, 11) is 1.44. The van der Waals surface area contributed by atoms with Crippen LogP contribution in [0.25, 0.3) is 0 Å². The van der Waals surface area contributed by atoms with Gasteiger partial charge in [-0.15, -0.1) is 0 Å². The molecule has 1 aromatic carbocycles. The number of aromatic nitrogens is 4. The molecule has 138 valence electrons. The fourth-order valence-corrected chi connectivity index (χ4v) is 4.05. The van der Waals surface area contributed by atoms with E-state index in [1.54, 1.807) is 79.6 Å². The monoisotopic (exact) mass is 375 g/mol. The van der Waals surface area contributed by atoms with Crippen molar-refractivity contribution in [3.63, 3.8) is 0 Å². The first kappa shape index (κ1) is 18.2. The molecule has 0 saturated heterocycles. The van der Waals surface area contributed by atoms with E-state index in [9.17, 15) is 8.42 Å². The van der Waals surface area contributed by atoms with Gasteiger partial charge in [-0.05, 0) is 24.3 Å². The first-order valence-electron chi connectivity index (χ1n) is 7.98. The molecular weight excluding hydrogens is 354 g/mol. The van der Waals surface area contributed by atoms with Gasteiger partial charge in [0, 0.05) is 50.7 Å². The minimum atomic E-state index is -3.70. The molecule has 0 aliphatic carbocycles. The molecule has 2 aromatic heterocycles. The van der Waals surface area contributed by atoms with Crippen LogP contribution in [0.15, 0.2) is 53.9 Å². The highest BCUT2D eigenvalue weighted by Gasteiger charge is 2.26. The molecule has 0 bridgehead atoms. The average Bonchev–Trinajstić information content (AvgIpc) is 3.22. The summed E-state index contributed by atoms with van der Waals surface area (Å²) in [6.07, 6.45) is 6.94. The highest BCUT2D eigenvalue weighted by molar-refractivity contribution is 7.89. The highest BCUT2D eigenvalue weighted by Crippen LogP contribution is 2.23. The first-order valence-corrected chi connectivity index (χ1v) is 9.42. The normalized spacial score (nSPS) is 11.8. The van der Waals surface area contributed by atoms with Gasteiger partial charge in [-0.1, -0.05) is 0 Å². The number of hydrogen-bond acceptors (Lipinski definition) is 5. The van der Waals surface area contributed by atoms with E-state index in [1.807, 2.05) is 0 Å². The molecule has 2 heterocycles. The van der Waals surface area contributed by atoms with Crippen molar-refractivity contribution in [2.75, 3.05) is 7.11 Å². The summed E-state index contributed by atoms with van der Waals surface area (Å²) in [6, 6.07) is 6.37. The molecule has 3 aromatic rings. The maximum absolute atomic E-state index is 13.2. The second-order valence-electron chi connectivity index (χ2n) is 5.99. The number of ether oxygens (including phenoxy) is 1. The van der Waals surface area contributed by atoms with Crippen molar-refractivity contribution in [3.05, 3.63) is 60.2 Å². The third kappa shape index (κ3) is 3.94. The topological polar surface area (TPSA) is 82.2 Å². The molecule has 0 N–H and O–H groups in total. The summed E-state index contributed by atoms with van der Waals surface area (Å²) in [5.74, 6) is 0.606. The molecule has 26 heavy (non-hydrogen) atoms. The van der Waals surface area contributed by atoms with E-state index in [2.05, 4.69) is 10.2 Å². The molecule has 0 amide bonds.